The molecule has 6 heteroatoms. The second-order valence-electron chi connectivity index (χ2n) is 6.53. The fourth-order valence-corrected chi connectivity index (χ4v) is 3.16. The zero-order chi connectivity index (χ0) is 19.2. The number of hydrogen-bond acceptors (Lipinski definition) is 3. The first-order valence-corrected chi connectivity index (χ1v) is 9.03. The number of aromatic nitrogens is 2. The SMILES string of the molecule is Cn1c(C(NC(=O)CCCCC(=O)O)c2ccccc2)nc2ccccc21. The molecule has 0 spiro atoms. The number of carboxylic acid groups (broad SMARTS) is 1. The van der Waals surface area contributed by atoms with Crippen molar-refractivity contribution in [3.8, 4) is 0 Å². The quantitative estimate of drug-likeness (QED) is 0.599. The van der Waals surface area contributed by atoms with E-state index in [1.165, 1.54) is 0 Å². The van der Waals surface area contributed by atoms with Gasteiger partial charge >= 0.3 is 5.97 Å². The molecular formula is C21H23N3O3. The van der Waals surface area contributed by atoms with Crippen LogP contribution in [0, 0.1) is 0 Å². The molecule has 0 aliphatic heterocycles. The van der Waals surface area contributed by atoms with Crippen molar-refractivity contribution in [2.24, 2.45) is 7.05 Å². The van der Waals surface area contributed by atoms with Crippen molar-refractivity contribution >= 4 is 22.9 Å². The summed E-state index contributed by atoms with van der Waals surface area (Å²) in [5.41, 5.74) is 2.84. The van der Waals surface area contributed by atoms with Crippen LogP contribution in [0.3, 0.4) is 0 Å². The number of carbonyl (C=O) groups excluding carboxylic acids is 1. The van der Waals surface area contributed by atoms with Crippen LogP contribution in [0.5, 0.6) is 0 Å². The number of para-hydroxylation sites is 2. The summed E-state index contributed by atoms with van der Waals surface area (Å²) >= 11 is 0. The molecule has 3 rings (SSSR count). The second-order valence-corrected chi connectivity index (χ2v) is 6.53. The van der Waals surface area contributed by atoms with Gasteiger partial charge in [-0.2, -0.15) is 0 Å². The summed E-state index contributed by atoms with van der Waals surface area (Å²) in [5, 5.41) is 11.8. The number of hydrogen-bond donors (Lipinski definition) is 2. The Balaban J connectivity index is 1.82. The maximum atomic E-state index is 12.5. The summed E-state index contributed by atoms with van der Waals surface area (Å²) in [6, 6.07) is 17.2. The van der Waals surface area contributed by atoms with E-state index in [1.54, 1.807) is 0 Å². The summed E-state index contributed by atoms with van der Waals surface area (Å²) < 4.78 is 2.00. The maximum Gasteiger partial charge on any atom is 0.303 e. The van der Waals surface area contributed by atoms with Crippen LogP contribution in [0.1, 0.15) is 43.1 Å². The number of carbonyl (C=O) groups is 2. The Hall–Kier alpha value is -3.15. The predicted octanol–water partition coefficient (Wildman–Crippen LogP) is 3.42. The Bertz CT molecular complexity index is 934. The monoisotopic (exact) mass is 365 g/mol. The third-order valence-electron chi connectivity index (χ3n) is 4.56. The van der Waals surface area contributed by atoms with Crippen LogP contribution in [0.2, 0.25) is 0 Å². The molecular weight excluding hydrogens is 342 g/mol. The largest absolute Gasteiger partial charge is 0.481 e. The van der Waals surface area contributed by atoms with E-state index < -0.39 is 5.97 Å². The molecule has 0 bridgehead atoms. The third-order valence-corrected chi connectivity index (χ3v) is 4.56. The number of nitrogens with one attached hydrogen (secondary N) is 1. The van der Waals surface area contributed by atoms with Crippen molar-refractivity contribution in [3.05, 3.63) is 66.0 Å². The van der Waals surface area contributed by atoms with Crippen molar-refractivity contribution < 1.29 is 14.7 Å². The lowest BCUT2D eigenvalue weighted by Gasteiger charge is -2.19. The van der Waals surface area contributed by atoms with Gasteiger partial charge < -0.3 is 15.0 Å². The van der Waals surface area contributed by atoms with E-state index in [0.29, 0.717) is 19.3 Å². The van der Waals surface area contributed by atoms with Crippen LogP contribution in [-0.2, 0) is 16.6 Å². The molecule has 1 aromatic heterocycles. The van der Waals surface area contributed by atoms with Gasteiger partial charge in [-0.15, -0.1) is 0 Å². The van der Waals surface area contributed by atoms with Crippen molar-refractivity contribution in [2.45, 2.75) is 31.7 Å². The topological polar surface area (TPSA) is 84.2 Å². The van der Waals surface area contributed by atoms with Crippen molar-refractivity contribution in [1.82, 2.24) is 14.9 Å². The van der Waals surface area contributed by atoms with Gasteiger partial charge in [0, 0.05) is 19.9 Å². The molecule has 2 N–H and O–H groups in total. The zero-order valence-corrected chi connectivity index (χ0v) is 15.3. The van der Waals surface area contributed by atoms with Gasteiger partial charge in [-0.05, 0) is 30.5 Å². The highest BCUT2D eigenvalue weighted by atomic mass is 16.4. The summed E-state index contributed by atoms with van der Waals surface area (Å²) in [5.74, 6) is -0.181. The van der Waals surface area contributed by atoms with Crippen LogP contribution in [0.25, 0.3) is 11.0 Å². The third kappa shape index (κ3) is 4.53. The number of amides is 1. The molecule has 3 aromatic rings. The molecule has 0 saturated carbocycles. The molecule has 1 atom stereocenters. The molecule has 6 nitrogen and oxygen atoms in total. The molecule has 0 radical (unpaired) electrons. The Morgan fingerprint density at radius 1 is 1.04 bits per heavy atom. The average molecular weight is 365 g/mol. The number of benzene rings is 2. The van der Waals surface area contributed by atoms with E-state index in [4.69, 9.17) is 10.1 Å². The minimum atomic E-state index is -0.836. The maximum absolute atomic E-state index is 12.5. The molecule has 1 unspecified atom stereocenters. The number of rotatable bonds is 8. The fourth-order valence-electron chi connectivity index (χ4n) is 3.16. The molecule has 27 heavy (non-hydrogen) atoms. The number of aryl methyl sites for hydroxylation is 1. The highest BCUT2D eigenvalue weighted by Crippen LogP contribution is 2.25. The van der Waals surface area contributed by atoms with E-state index in [1.807, 2.05) is 66.2 Å². The zero-order valence-electron chi connectivity index (χ0n) is 15.3. The summed E-state index contributed by atoms with van der Waals surface area (Å²) in [4.78, 5) is 27.8. The summed E-state index contributed by atoms with van der Waals surface area (Å²) in [6.07, 6.45) is 1.41. The Morgan fingerprint density at radius 3 is 2.41 bits per heavy atom. The number of nitrogens with zero attached hydrogens (tertiary/aromatic N) is 2. The van der Waals surface area contributed by atoms with E-state index in [0.717, 1.165) is 22.4 Å². The van der Waals surface area contributed by atoms with Gasteiger partial charge in [0.1, 0.15) is 11.9 Å². The predicted molar refractivity (Wildman–Crippen MR) is 103 cm³/mol. The first-order chi connectivity index (χ1) is 13.1. The minimum Gasteiger partial charge on any atom is -0.481 e. The Labute approximate surface area is 157 Å². The number of aliphatic carboxylic acids is 1. The van der Waals surface area contributed by atoms with Crippen LogP contribution in [0.15, 0.2) is 54.6 Å². The lowest BCUT2D eigenvalue weighted by Crippen LogP contribution is -2.31. The number of unbranched alkanes of at least 4 members (excludes halogenated alkanes) is 1. The van der Waals surface area contributed by atoms with E-state index >= 15 is 0 Å². The van der Waals surface area contributed by atoms with E-state index in [-0.39, 0.29) is 18.4 Å². The molecule has 140 valence electrons. The molecule has 2 aromatic carbocycles. The first kappa shape index (κ1) is 18.6. The van der Waals surface area contributed by atoms with Gasteiger partial charge in [0.15, 0.2) is 0 Å². The lowest BCUT2D eigenvalue weighted by atomic mass is 10.1. The minimum absolute atomic E-state index is 0.0835. The van der Waals surface area contributed by atoms with Crippen LogP contribution < -0.4 is 5.32 Å². The summed E-state index contributed by atoms with van der Waals surface area (Å²) in [7, 11) is 1.94. The van der Waals surface area contributed by atoms with Gasteiger partial charge in [-0.1, -0.05) is 42.5 Å². The second kappa shape index (κ2) is 8.49. The Morgan fingerprint density at radius 2 is 1.70 bits per heavy atom. The van der Waals surface area contributed by atoms with Crippen molar-refractivity contribution in [2.75, 3.05) is 0 Å². The molecule has 1 heterocycles. The van der Waals surface area contributed by atoms with Gasteiger partial charge in [0.2, 0.25) is 5.91 Å². The highest BCUT2D eigenvalue weighted by Gasteiger charge is 2.22. The van der Waals surface area contributed by atoms with Gasteiger partial charge in [-0.25, -0.2) is 4.98 Å². The molecule has 0 saturated heterocycles. The van der Waals surface area contributed by atoms with Gasteiger partial charge in [0.05, 0.1) is 11.0 Å². The van der Waals surface area contributed by atoms with Crippen LogP contribution >= 0.6 is 0 Å². The average Bonchev–Trinajstić information content (AvgIpc) is 3.01. The van der Waals surface area contributed by atoms with Crippen molar-refractivity contribution in [1.29, 1.82) is 0 Å². The highest BCUT2D eigenvalue weighted by molar-refractivity contribution is 5.78. The normalized spacial score (nSPS) is 12.0. The molecule has 1 amide bonds. The van der Waals surface area contributed by atoms with Crippen LogP contribution in [-0.4, -0.2) is 26.5 Å². The number of carboxylic acids is 1. The number of fused-ring (bicyclic) bond motifs is 1. The van der Waals surface area contributed by atoms with Gasteiger partial charge in [0.25, 0.3) is 0 Å². The van der Waals surface area contributed by atoms with Crippen LogP contribution in [0.4, 0.5) is 0 Å². The van der Waals surface area contributed by atoms with E-state index in [2.05, 4.69) is 5.32 Å². The molecule has 0 aliphatic carbocycles. The fraction of sp³-hybridized carbons (Fsp3) is 0.286. The Kier molecular flexibility index (Phi) is 5.86. The first-order valence-electron chi connectivity index (χ1n) is 9.03. The molecule has 0 fully saturated rings. The summed E-state index contributed by atoms with van der Waals surface area (Å²) in [6.45, 7) is 0. The van der Waals surface area contributed by atoms with Gasteiger partial charge in [-0.3, -0.25) is 9.59 Å². The smallest absolute Gasteiger partial charge is 0.303 e. The standard InChI is InChI=1S/C21H23N3O3/c1-24-17-12-6-5-11-16(17)22-21(24)20(15-9-3-2-4-10-15)23-18(25)13-7-8-14-19(26)27/h2-6,9-12,20H,7-8,13-14H2,1H3,(H,23,25)(H,26,27). The molecule has 0 aliphatic rings. The lowest BCUT2D eigenvalue weighted by molar-refractivity contribution is -0.137. The number of imidazole rings is 1. The van der Waals surface area contributed by atoms with Crippen molar-refractivity contribution in [3.63, 3.8) is 0 Å². The van der Waals surface area contributed by atoms with E-state index in [9.17, 15) is 9.59 Å².